The minimum atomic E-state index is 0.0175. The molecular formula is C25H36N4O2. The van der Waals surface area contributed by atoms with Gasteiger partial charge in [0.05, 0.1) is 6.20 Å². The molecule has 1 aromatic carbocycles. The Labute approximate surface area is 186 Å². The van der Waals surface area contributed by atoms with Crippen molar-refractivity contribution in [2.45, 2.75) is 58.9 Å². The standard InChI is InChI=1S/C25H36N4O2/c1-4-21-6-5-7-23(19(21)3)29-12-10-28(11-13-29)9-8-20-14-22(15-20)27-24(30)16-25-26-17-18(2)31-25/h5-7,17,20,22H,4,8-16H2,1-3H3,(H,27,30)/t20-,22-. The molecule has 0 unspecified atom stereocenters. The molecule has 168 valence electrons. The molecule has 6 heteroatoms. The van der Waals surface area contributed by atoms with Crippen LogP contribution in [0.15, 0.2) is 28.8 Å². The molecule has 1 aliphatic carbocycles. The predicted octanol–water partition coefficient (Wildman–Crippen LogP) is 3.50. The van der Waals surface area contributed by atoms with Gasteiger partial charge in [0.15, 0.2) is 0 Å². The maximum absolute atomic E-state index is 12.1. The van der Waals surface area contributed by atoms with Crippen molar-refractivity contribution < 1.29 is 9.21 Å². The number of nitrogens with zero attached hydrogens (tertiary/aromatic N) is 3. The molecule has 2 aromatic rings. The Kier molecular flexibility index (Phi) is 6.96. The minimum Gasteiger partial charge on any atom is -0.445 e. The van der Waals surface area contributed by atoms with E-state index in [0.29, 0.717) is 11.9 Å². The summed E-state index contributed by atoms with van der Waals surface area (Å²) in [5.74, 6) is 2.00. The predicted molar refractivity (Wildman–Crippen MR) is 123 cm³/mol. The van der Waals surface area contributed by atoms with Gasteiger partial charge in [-0.15, -0.1) is 0 Å². The van der Waals surface area contributed by atoms with Gasteiger partial charge >= 0.3 is 0 Å². The van der Waals surface area contributed by atoms with Gasteiger partial charge < -0.3 is 14.6 Å². The first kappa shape index (κ1) is 21.9. The lowest BCUT2D eigenvalue weighted by atomic mass is 9.78. The summed E-state index contributed by atoms with van der Waals surface area (Å²) < 4.78 is 5.39. The highest BCUT2D eigenvalue weighted by atomic mass is 16.4. The van der Waals surface area contributed by atoms with Gasteiger partial charge in [0, 0.05) is 37.9 Å². The molecule has 2 heterocycles. The molecule has 1 saturated carbocycles. The number of hydrogen-bond acceptors (Lipinski definition) is 5. The van der Waals surface area contributed by atoms with E-state index in [9.17, 15) is 4.79 Å². The highest BCUT2D eigenvalue weighted by Gasteiger charge is 2.31. The van der Waals surface area contributed by atoms with E-state index in [2.05, 4.69) is 52.1 Å². The van der Waals surface area contributed by atoms with Crippen molar-refractivity contribution in [2.24, 2.45) is 5.92 Å². The molecule has 1 amide bonds. The van der Waals surface area contributed by atoms with Gasteiger partial charge in [-0.25, -0.2) is 4.98 Å². The second-order valence-corrected chi connectivity index (χ2v) is 9.18. The van der Waals surface area contributed by atoms with Crippen molar-refractivity contribution in [2.75, 3.05) is 37.6 Å². The zero-order valence-corrected chi connectivity index (χ0v) is 19.2. The van der Waals surface area contributed by atoms with Gasteiger partial charge in [0.2, 0.25) is 11.8 Å². The summed E-state index contributed by atoms with van der Waals surface area (Å²) >= 11 is 0. The van der Waals surface area contributed by atoms with Gasteiger partial charge in [-0.1, -0.05) is 19.1 Å². The number of aromatic nitrogens is 1. The van der Waals surface area contributed by atoms with Gasteiger partial charge in [-0.05, 0) is 69.2 Å². The monoisotopic (exact) mass is 424 g/mol. The number of anilines is 1. The molecule has 6 nitrogen and oxygen atoms in total. The number of benzene rings is 1. The highest BCUT2D eigenvalue weighted by Crippen LogP contribution is 2.31. The van der Waals surface area contributed by atoms with Crippen LogP contribution in [0.2, 0.25) is 0 Å². The lowest BCUT2D eigenvalue weighted by Crippen LogP contribution is -2.48. The van der Waals surface area contributed by atoms with Crippen LogP contribution in [-0.2, 0) is 17.6 Å². The van der Waals surface area contributed by atoms with Gasteiger partial charge in [0.1, 0.15) is 12.2 Å². The van der Waals surface area contributed by atoms with Crippen LogP contribution in [0.5, 0.6) is 0 Å². The molecule has 1 saturated heterocycles. The van der Waals surface area contributed by atoms with E-state index in [1.54, 1.807) is 6.20 Å². The summed E-state index contributed by atoms with van der Waals surface area (Å²) in [4.78, 5) is 21.4. The average Bonchev–Trinajstić information content (AvgIpc) is 3.14. The Morgan fingerprint density at radius 1 is 1.19 bits per heavy atom. The number of carbonyl (C=O) groups is 1. The summed E-state index contributed by atoms with van der Waals surface area (Å²) in [7, 11) is 0. The summed E-state index contributed by atoms with van der Waals surface area (Å²) in [6.45, 7) is 12.0. The summed E-state index contributed by atoms with van der Waals surface area (Å²) in [5, 5.41) is 3.12. The number of carbonyl (C=O) groups excluding carboxylic acids is 1. The van der Waals surface area contributed by atoms with Gasteiger partial charge in [-0.2, -0.15) is 0 Å². The molecule has 0 spiro atoms. The van der Waals surface area contributed by atoms with Crippen LogP contribution in [0.3, 0.4) is 0 Å². The fraction of sp³-hybridized carbons (Fsp3) is 0.600. The van der Waals surface area contributed by atoms with Gasteiger partial charge in [0.25, 0.3) is 0 Å². The third-order valence-electron chi connectivity index (χ3n) is 6.95. The first-order valence-electron chi connectivity index (χ1n) is 11.8. The van der Waals surface area contributed by atoms with E-state index in [-0.39, 0.29) is 12.3 Å². The van der Waals surface area contributed by atoms with Crippen LogP contribution in [0.25, 0.3) is 0 Å². The van der Waals surface area contributed by atoms with Crippen molar-refractivity contribution in [3.63, 3.8) is 0 Å². The first-order valence-corrected chi connectivity index (χ1v) is 11.8. The van der Waals surface area contributed by atoms with Crippen molar-refractivity contribution in [3.05, 3.63) is 47.2 Å². The zero-order valence-electron chi connectivity index (χ0n) is 19.2. The number of aryl methyl sites for hydroxylation is 2. The Hall–Kier alpha value is -2.34. The second-order valence-electron chi connectivity index (χ2n) is 9.18. The van der Waals surface area contributed by atoms with Crippen molar-refractivity contribution >= 4 is 11.6 Å². The highest BCUT2D eigenvalue weighted by molar-refractivity contribution is 5.78. The minimum absolute atomic E-state index is 0.0175. The maximum atomic E-state index is 12.1. The first-order chi connectivity index (χ1) is 15.0. The van der Waals surface area contributed by atoms with Gasteiger partial charge in [-0.3, -0.25) is 9.69 Å². The van der Waals surface area contributed by atoms with Crippen LogP contribution < -0.4 is 10.2 Å². The SMILES string of the molecule is CCc1cccc(N2CCN(CC[C@H]3C[C@H](NC(=O)Cc4ncc(C)o4)C3)CC2)c1C. The maximum Gasteiger partial charge on any atom is 0.229 e. The molecule has 0 radical (unpaired) electrons. The van der Waals surface area contributed by atoms with Crippen molar-refractivity contribution in [1.29, 1.82) is 0 Å². The van der Waals surface area contributed by atoms with Crippen LogP contribution in [-0.4, -0.2) is 54.6 Å². The van der Waals surface area contributed by atoms with Crippen LogP contribution >= 0.6 is 0 Å². The molecule has 0 bridgehead atoms. The van der Waals surface area contributed by atoms with E-state index in [1.807, 2.05) is 6.92 Å². The summed E-state index contributed by atoms with van der Waals surface area (Å²) in [6, 6.07) is 7.04. The molecule has 1 aromatic heterocycles. The average molecular weight is 425 g/mol. The largest absolute Gasteiger partial charge is 0.445 e. The quantitative estimate of drug-likeness (QED) is 0.703. The second kappa shape index (κ2) is 9.86. The lowest BCUT2D eigenvalue weighted by molar-refractivity contribution is -0.122. The third-order valence-corrected chi connectivity index (χ3v) is 6.95. The Morgan fingerprint density at radius 3 is 2.65 bits per heavy atom. The summed E-state index contributed by atoms with van der Waals surface area (Å²) in [6.07, 6.45) is 6.42. The Balaban J connectivity index is 1.13. The Morgan fingerprint density at radius 2 is 1.97 bits per heavy atom. The number of hydrogen-bond donors (Lipinski definition) is 1. The van der Waals surface area contributed by atoms with Crippen molar-refractivity contribution in [3.8, 4) is 0 Å². The number of piperazine rings is 1. The van der Waals surface area contributed by atoms with Crippen molar-refractivity contribution in [1.82, 2.24) is 15.2 Å². The van der Waals surface area contributed by atoms with Crippen LogP contribution in [0.4, 0.5) is 5.69 Å². The van der Waals surface area contributed by atoms with E-state index in [0.717, 1.165) is 57.1 Å². The van der Waals surface area contributed by atoms with E-state index in [4.69, 9.17) is 4.42 Å². The summed E-state index contributed by atoms with van der Waals surface area (Å²) in [5.41, 5.74) is 4.32. The number of amides is 1. The molecule has 0 atom stereocenters. The molecule has 2 aliphatic rings. The molecule has 31 heavy (non-hydrogen) atoms. The fourth-order valence-corrected chi connectivity index (χ4v) is 4.96. The third kappa shape index (κ3) is 5.48. The molecular weight excluding hydrogens is 388 g/mol. The number of rotatable bonds is 8. The van der Waals surface area contributed by atoms with E-state index in [1.165, 1.54) is 29.8 Å². The number of oxazole rings is 1. The normalized spacial score (nSPS) is 21.7. The molecule has 2 fully saturated rings. The smallest absolute Gasteiger partial charge is 0.229 e. The number of nitrogens with one attached hydrogen (secondary N) is 1. The van der Waals surface area contributed by atoms with E-state index >= 15 is 0 Å². The fourth-order valence-electron chi connectivity index (χ4n) is 4.96. The van der Waals surface area contributed by atoms with E-state index < -0.39 is 0 Å². The lowest BCUT2D eigenvalue weighted by Gasteiger charge is -2.40. The molecule has 1 N–H and O–H groups in total. The van der Waals surface area contributed by atoms with Crippen LogP contribution in [0.1, 0.15) is 49.0 Å². The molecule has 1 aliphatic heterocycles. The zero-order chi connectivity index (χ0) is 21.8. The molecule has 4 rings (SSSR count). The Bertz CT molecular complexity index is 879. The topological polar surface area (TPSA) is 61.6 Å². The van der Waals surface area contributed by atoms with Crippen LogP contribution in [0, 0.1) is 19.8 Å².